The van der Waals surface area contributed by atoms with Gasteiger partial charge in [0.1, 0.15) is 9.77 Å². The normalized spacial score (nSPS) is 11.5. The van der Waals surface area contributed by atoms with Gasteiger partial charge in [-0.25, -0.2) is 17.9 Å². The van der Waals surface area contributed by atoms with Gasteiger partial charge >= 0.3 is 5.97 Å². The van der Waals surface area contributed by atoms with Crippen LogP contribution in [-0.4, -0.2) is 36.3 Å². The second-order valence-electron chi connectivity index (χ2n) is 5.31. The Labute approximate surface area is 154 Å². The van der Waals surface area contributed by atoms with Gasteiger partial charge < -0.3 is 4.74 Å². The van der Waals surface area contributed by atoms with Gasteiger partial charge in [-0.2, -0.15) is 5.10 Å². The minimum Gasteiger partial charge on any atom is -0.465 e. The molecule has 0 amide bonds. The SMILES string of the molecule is COC(=O)c1sccc1S(=O)(=O)NCc1cc(-c2ccncc2)nn1C. The third-order valence-electron chi connectivity index (χ3n) is 3.69. The predicted octanol–water partition coefficient (Wildman–Crippen LogP) is 1.81. The van der Waals surface area contributed by atoms with E-state index < -0.39 is 16.0 Å². The van der Waals surface area contributed by atoms with Gasteiger partial charge in [-0.15, -0.1) is 11.3 Å². The van der Waals surface area contributed by atoms with Gasteiger partial charge in [-0.05, 0) is 29.6 Å². The van der Waals surface area contributed by atoms with E-state index in [2.05, 4.69) is 19.5 Å². The van der Waals surface area contributed by atoms with Gasteiger partial charge in [-0.3, -0.25) is 9.67 Å². The molecule has 3 aromatic rings. The minimum absolute atomic E-state index is 0.0351. The quantitative estimate of drug-likeness (QED) is 0.642. The number of aromatic nitrogens is 3. The van der Waals surface area contributed by atoms with Crippen LogP contribution >= 0.6 is 11.3 Å². The number of nitrogens with one attached hydrogen (secondary N) is 1. The highest BCUT2D eigenvalue weighted by Crippen LogP contribution is 2.23. The molecule has 1 N–H and O–H groups in total. The standard InChI is InChI=1S/C16H16N4O4S2/c1-20-12(9-13(19-20)11-3-6-17-7-4-11)10-18-26(22,23)14-5-8-25-15(14)16(21)24-2/h3-9,18H,10H2,1-2H3. The summed E-state index contributed by atoms with van der Waals surface area (Å²) in [7, 11) is -0.919. The fraction of sp³-hybridized carbons (Fsp3) is 0.188. The second-order valence-corrected chi connectivity index (χ2v) is 7.96. The van der Waals surface area contributed by atoms with E-state index in [1.165, 1.54) is 18.6 Å². The molecular weight excluding hydrogens is 376 g/mol. The number of aryl methyl sites for hydroxylation is 1. The molecular formula is C16H16N4O4S2. The number of methoxy groups -OCH3 is 1. The largest absolute Gasteiger partial charge is 0.465 e. The van der Waals surface area contributed by atoms with E-state index in [-0.39, 0.29) is 16.3 Å². The van der Waals surface area contributed by atoms with Crippen molar-refractivity contribution in [2.45, 2.75) is 11.4 Å². The lowest BCUT2D eigenvalue weighted by molar-refractivity contribution is 0.0602. The Morgan fingerprint density at radius 1 is 1.31 bits per heavy atom. The van der Waals surface area contributed by atoms with E-state index in [0.717, 1.165) is 22.6 Å². The summed E-state index contributed by atoms with van der Waals surface area (Å²) in [5, 5.41) is 5.92. The lowest BCUT2D eigenvalue weighted by Gasteiger charge is -2.07. The Kier molecular flexibility index (Phi) is 5.16. The van der Waals surface area contributed by atoms with Gasteiger partial charge in [0.15, 0.2) is 0 Å². The Bertz CT molecular complexity index is 1030. The molecule has 0 saturated carbocycles. The third-order valence-corrected chi connectivity index (χ3v) is 6.15. The zero-order valence-electron chi connectivity index (χ0n) is 14.0. The van der Waals surface area contributed by atoms with Crippen molar-refractivity contribution in [2.24, 2.45) is 7.05 Å². The summed E-state index contributed by atoms with van der Waals surface area (Å²) in [4.78, 5) is 15.6. The molecule has 3 aromatic heterocycles. The number of carbonyl (C=O) groups excluding carboxylic acids is 1. The number of pyridine rings is 1. The van der Waals surface area contributed by atoms with Gasteiger partial charge in [0.25, 0.3) is 0 Å². The van der Waals surface area contributed by atoms with E-state index in [9.17, 15) is 13.2 Å². The molecule has 0 spiro atoms. The fourth-order valence-corrected chi connectivity index (χ4v) is 4.66. The van der Waals surface area contributed by atoms with Crippen LogP contribution < -0.4 is 4.72 Å². The van der Waals surface area contributed by atoms with E-state index in [0.29, 0.717) is 5.69 Å². The van der Waals surface area contributed by atoms with E-state index >= 15 is 0 Å². The predicted molar refractivity (Wildman–Crippen MR) is 96.1 cm³/mol. The molecule has 0 aromatic carbocycles. The van der Waals surface area contributed by atoms with Crippen LogP contribution in [0.4, 0.5) is 0 Å². The molecule has 0 fully saturated rings. The number of rotatable bonds is 6. The maximum Gasteiger partial charge on any atom is 0.349 e. The monoisotopic (exact) mass is 392 g/mol. The molecule has 0 saturated heterocycles. The summed E-state index contributed by atoms with van der Waals surface area (Å²) in [6.07, 6.45) is 3.33. The molecule has 0 bridgehead atoms. The van der Waals surface area contributed by atoms with Crippen molar-refractivity contribution < 1.29 is 17.9 Å². The van der Waals surface area contributed by atoms with Crippen LogP contribution in [0.5, 0.6) is 0 Å². The summed E-state index contributed by atoms with van der Waals surface area (Å²) >= 11 is 1.02. The molecule has 0 atom stereocenters. The third kappa shape index (κ3) is 3.66. The molecule has 0 aliphatic rings. The first-order valence-electron chi connectivity index (χ1n) is 7.51. The van der Waals surface area contributed by atoms with Crippen LogP contribution in [0.15, 0.2) is 46.9 Å². The van der Waals surface area contributed by atoms with Crippen molar-refractivity contribution in [1.29, 1.82) is 0 Å². The molecule has 136 valence electrons. The minimum atomic E-state index is -3.86. The second kappa shape index (κ2) is 7.36. The average Bonchev–Trinajstić information content (AvgIpc) is 3.27. The van der Waals surface area contributed by atoms with Crippen LogP contribution in [-0.2, 0) is 28.4 Å². The van der Waals surface area contributed by atoms with Crippen molar-refractivity contribution in [3.05, 3.63) is 52.6 Å². The van der Waals surface area contributed by atoms with Gasteiger partial charge in [0.05, 0.1) is 25.0 Å². The Balaban J connectivity index is 1.80. The Morgan fingerprint density at radius 2 is 2.04 bits per heavy atom. The highest BCUT2D eigenvalue weighted by Gasteiger charge is 2.24. The van der Waals surface area contributed by atoms with Crippen LogP contribution in [0.3, 0.4) is 0 Å². The van der Waals surface area contributed by atoms with Crippen LogP contribution in [0, 0.1) is 0 Å². The zero-order chi connectivity index (χ0) is 18.7. The number of esters is 1. The highest BCUT2D eigenvalue weighted by atomic mass is 32.2. The lowest BCUT2D eigenvalue weighted by Crippen LogP contribution is -2.25. The first kappa shape index (κ1) is 18.2. The number of carbonyl (C=O) groups is 1. The average molecular weight is 392 g/mol. The molecule has 8 nitrogen and oxygen atoms in total. The van der Waals surface area contributed by atoms with Crippen molar-refractivity contribution in [2.75, 3.05) is 7.11 Å². The van der Waals surface area contributed by atoms with Crippen LogP contribution in [0.2, 0.25) is 0 Å². The smallest absolute Gasteiger partial charge is 0.349 e. The summed E-state index contributed by atoms with van der Waals surface area (Å²) < 4.78 is 33.8. The Hall–Kier alpha value is -2.56. The fourth-order valence-electron chi connectivity index (χ4n) is 2.33. The van der Waals surface area contributed by atoms with Crippen molar-refractivity contribution in [3.63, 3.8) is 0 Å². The Morgan fingerprint density at radius 3 is 2.73 bits per heavy atom. The number of hydrogen-bond donors (Lipinski definition) is 1. The van der Waals surface area contributed by atoms with Gasteiger partial charge in [0.2, 0.25) is 10.0 Å². The van der Waals surface area contributed by atoms with Gasteiger partial charge in [-0.1, -0.05) is 0 Å². The number of hydrogen-bond acceptors (Lipinski definition) is 7. The maximum absolute atomic E-state index is 12.5. The maximum atomic E-state index is 12.5. The molecule has 26 heavy (non-hydrogen) atoms. The summed E-state index contributed by atoms with van der Waals surface area (Å²) in [6.45, 7) is 0.0351. The molecule has 10 heteroatoms. The van der Waals surface area contributed by atoms with Crippen molar-refractivity contribution >= 4 is 27.3 Å². The summed E-state index contributed by atoms with van der Waals surface area (Å²) in [5.41, 5.74) is 2.28. The van der Waals surface area contributed by atoms with Crippen LogP contribution in [0.25, 0.3) is 11.3 Å². The topological polar surface area (TPSA) is 103 Å². The van der Waals surface area contributed by atoms with Crippen molar-refractivity contribution in [1.82, 2.24) is 19.5 Å². The van der Waals surface area contributed by atoms with Gasteiger partial charge in [0, 0.05) is 25.0 Å². The summed E-state index contributed by atoms with van der Waals surface area (Å²) in [5.74, 6) is -0.680. The zero-order valence-corrected chi connectivity index (χ0v) is 15.7. The molecule has 0 unspecified atom stereocenters. The van der Waals surface area contributed by atoms with Crippen molar-refractivity contribution in [3.8, 4) is 11.3 Å². The molecule has 0 aliphatic carbocycles. The molecule has 0 aliphatic heterocycles. The molecule has 0 radical (unpaired) electrons. The lowest BCUT2D eigenvalue weighted by atomic mass is 10.2. The molecule has 3 rings (SSSR count). The first-order valence-corrected chi connectivity index (χ1v) is 9.87. The highest BCUT2D eigenvalue weighted by molar-refractivity contribution is 7.89. The van der Waals surface area contributed by atoms with E-state index in [1.54, 1.807) is 30.2 Å². The first-order chi connectivity index (χ1) is 12.4. The number of nitrogens with zero attached hydrogens (tertiary/aromatic N) is 3. The van der Waals surface area contributed by atoms with E-state index in [1.807, 2.05) is 12.1 Å². The van der Waals surface area contributed by atoms with E-state index in [4.69, 9.17) is 0 Å². The number of sulfonamides is 1. The number of thiophene rings is 1. The van der Waals surface area contributed by atoms with Crippen LogP contribution in [0.1, 0.15) is 15.4 Å². The molecule has 3 heterocycles. The number of ether oxygens (including phenoxy) is 1. The summed E-state index contributed by atoms with van der Waals surface area (Å²) in [6, 6.07) is 6.83.